The van der Waals surface area contributed by atoms with E-state index in [-0.39, 0.29) is 12.0 Å². The first kappa shape index (κ1) is 12.5. The van der Waals surface area contributed by atoms with Crippen molar-refractivity contribution in [3.05, 3.63) is 0 Å². The van der Waals surface area contributed by atoms with Crippen LogP contribution in [0.4, 0.5) is 0 Å². The van der Waals surface area contributed by atoms with Crippen LogP contribution < -0.4 is 5.73 Å². The van der Waals surface area contributed by atoms with Gasteiger partial charge in [0, 0.05) is 6.04 Å². The van der Waals surface area contributed by atoms with E-state index in [0.29, 0.717) is 12.8 Å². The number of esters is 1. The van der Waals surface area contributed by atoms with Gasteiger partial charge in [0.25, 0.3) is 0 Å². The molecule has 1 saturated carbocycles. The molecule has 3 N–H and O–H groups in total. The maximum absolute atomic E-state index is 11.7. The van der Waals surface area contributed by atoms with E-state index in [0.717, 1.165) is 6.42 Å². The molecule has 0 radical (unpaired) electrons. The number of rotatable bonds is 1. The summed E-state index contributed by atoms with van der Waals surface area (Å²) in [7, 11) is 0. The highest BCUT2D eigenvalue weighted by atomic mass is 16.6. The van der Waals surface area contributed by atoms with Crippen molar-refractivity contribution in [2.75, 3.05) is 0 Å². The molecule has 1 fully saturated rings. The van der Waals surface area contributed by atoms with E-state index < -0.39 is 17.6 Å². The zero-order valence-corrected chi connectivity index (χ0v) is 9.69. The molecular formula is C11H21NO3. The van der Waals surface area contributed by atoms with Gasteiger partial charge >= 0.3 is 5.97 Å². The molecule has 1 aliphatic rings. The monoisotopic (exact) mass is 215 g/mol. The molecule has 15 heavy (non-hydrogen) atoms. The van der Waals surface area contributed by atoms with Crippen molar-refractivity contribution < 1.29 is 14.6 Å². The van der Waals surface area contributed by atoms with Gasteiger partial charge in [0.15, 0.2) is 0 Å². The molecule has 0 heterocycles. The number of hydrogen-bond donors (Lipinski definition) is 2. The van der Waals surface area contributed by atoms with E-state index in [1.807, 2.05) is 20.8 Å². The Morgan fingerprint density at radius 2 is 2.00 bits per heavy atom. The Labute approximate surface area is 90.8 Å². The lowest BCUT2D eigenvalue weighted by Crippen LogP contribution is -2.42. The first-order valence-electron chi connectivity index (χ1n) is 5.46. The van der Waals surface area contributed by atoms with Crippen molar-refractivity contribution in [1.29, 1.82) is 0 Å². The van der Waals surface area contributed by atoms with Crippen molar-refractivity contribution in [2.24, 2.45) is 11.7 Å². The van der Waals surface area contributed by atoms with Crippen molar-refractivity contribution >= 4 is 5.97 Å². The molecule has 0 amide bonds. The van der Waals surface area contributed by atoms with Crippen LogP contribution in [0.15, 0.2) is 0 Å². The molecule has 88 valence electrons. The van der Waals surface area contributed by atoms with Gasteiger partial charge in [0.2, 0.25) is 0 Å². The quantitative estimate of drug-likeness (QED) is 0.635. The van der Waals surface area contributed by atoms with E-state index >= 15 is 0 Å². The average molecular weight is 215 g/mol. The lowest BCUT2D eigenvalue weighted by atomic mass is 9.83. The number of aliphatic hydroxyl groups excluding tert-OH is 1. The molecule has 4 nitrogen and oxygen atoms in total. The molecule has 3 atom stereocenters. The molecule has 0 saturated heterocycles. The fourth-order valence-corrected chi connectivity index (χ4v) is 1.82. The maximum Gasteiger partial charge on any atom is 0.312 e. The summed E-state index contributed by atoms with van der Waals surface area (Å²) in [5.41, 5.74) is 5.27. The van der Waals surface area contributed by atoms with Gasteiger partial charge in [-0.1, -0.05) is 0 Å². The Balaban J connectivity index is 2.57. The summed E-state index contributed by atoms with van der Waals surface area (Å²) in [4.78, 5) is 11.7. The van der Waals surface area contributed by atoms with E-state index in [9.17, 15) is 9.90 Å². The van der Waals surface area contributed by atoms with E-state index in [2.05, 4.69) is 0 Å². The SMILES string of the molecule is CC(C)(C)OC(=O)C1CC(N)CCC1O. The first-order chi connectivity index (χ1) is 6.79. The molecule has 0 aromatic rings. The molecule has 4 heteroatoms. The summed E-state index contributed by atoms with van der Waals surface area (Å²) in [6.07, 6.45) is 1.29. The number of nitrogens with two attached hydrogens (primary N) is 1. The van der Waals surface area contributed by atoms with Crippen LogP contribution in [-0.2, 0) is 9.53 Å². The Kier molecular flexibility index (Phi) is 3.73. The Hall–Kier alpha value is -0.610. The molecule has 1 aliphatic carbocycles. The molecular weight excluding hydrogens is 194 g/mol. The highest BCUT2D eigenvalue weighted by Gasteiger charge is 2.35. The van der Waals surface area contributed by atoms with Crippen LogP contribution in [0.5, 0.6) is 0 Å². The smallest absolute Gasteiger partial charge is 0.312 e. The van der Waals surface area contributed by atoms with Gasteiger partial charge in [-0.05, 0) is 40.0 Å². The summed E-state index contributed by atoms with van der Waals surface area (Å²) in [6, 6.07) is 0.00548. The fraction of sp³-hybridized carbons (Fsp3) is 0.909. The second-order valence-corrected chi connectivity index (χ2v) is 5.28. The number of carbonyl (C=O) groups excluding carboxylic acids is 1. The molecule has 0 aliphatic heterocycles. The van der Waals surface area contributed by atoms with E-state index in [1.54, 1.807) is 0 Å². The van der Waals surface area contributed by atoms with Gasteiger partial charge in [-0.25, -0.2) is 0 Å². The molecule has 0 aromatic carbocycles. The predicted molar refractivity (Wildman–Crippen MR) is 57.2 cm³/mol. The first-order valence-corrected chi connectivity index (χ1v) is 5.46. The highest BCUT2D eigenvalue weighted by molar-refractivity contribution is 5.73. The normalized spacial score (nSPS) is 32.5. The number of carbonyl (C=O) groups is 1. The maximum atomic E-state index is 11.7. The number of aliphatic hydroxyl groups is 1. The predicted octanol–water partition coefficient (Wildman–Crippen LogP) is 0.816. The van der Waals surface area contributed by atoms with E-state index in [1.165, 1.54) is 0 Å². The van der Waals surface area contributed by atoms with Crippen molar-refractivity contribution in [3.63, 3.8) is 0 Å². The molecule has 0 aromatic heterocycles. The van der Waals surface area contributed by atoms with Crippen LogP contribution in [0.1, 0.15) is 40.0 Å². The molecule has 1 rings (SSSR count). The van der Waals surface area contributed by atoms with Gasteiger partial charge in [-0.2, -0.15) is 0 Å². The molecule has 0 spiro atoms. The lowest BCUT2D eigenvalue weighted by molar-refractivity contribution is -0.166. The Morgan fingerprint density at radius 1 is 1.40 bits per heavy atom. The van der Waals surface area contributed by atoms with Gasteiger partial charge in [-0.3, -0.25) is 4.79 Å². The minimum absolute atomic E-state index is 0.00548. The van der Waals surface area contributed by atoms with Crippen LogP contribution in [0, 0.1) is 5.92 Å². The van der Waals surface area contributed by atoms with E-state index in [4.69, 9.17) is 10.5 Å². The Bertz CT molecular complexity index is 234. The van der Waals surface area contributed by atoms with Gasteiger partial charge in [0.1, 0.15) is 5.60 Å². The number of hydrogen-bond acceptors (Lipinski definition) is 4. The summed E-state index contributed by atoms with van der Waals surface area (Å²) < 4.78 is 5.24. The minimum atomic E-state index is -0.598. The van der Waals surface area contributed by atoms with Crippen LogP contribution >= 0.6 is 0 Å². The summed E-state index contributed by atoms with van der Waals surface area (Å²) in [6.45, 7) is 5.46. The summed E-state index contributed by atoms with van der Waals surface area (Å²) in [5.74, 6) is -0.780. The van der Waals surface area contributed by atoms with Crippen molar-refractivity contribution in [1.82, 2.24) is 0 Å². The topological polar surface area (TPSA) is 72.5 Å². The minimum Gasteiger partial charge on any atom is -0.460 e. The van der Waals surface area contributed by atoms with Crippen molar-refractivity contribution in [3.8, 4) is 0 Å². The number of ether oxygens (including phenoxy) is 1. The third kappa shape index (κ3) is 3.80. The van der Waals surface area contributed by atoms with Gasteiger partial charge in [-0.15, -0.1) is 0 Å². The van der Waals surface area contributed by atoms with Crippen LogP contribution in [-0.4, -0.2) is 28.8 Å². The van der Waals surface area contributed by atoms with Gasteiger partial charge in [0.05, 0.1) is 12.0 Å². The second-order valence-electron chi connectivity index (χ2n) is 5.28. The second kappa shape index (κ2) is 4.49. The fourth-order valence-electron chi connectivity index (χ4n) is 1.82. The van der Waals surface area contributed by atoms with Crippen LogP contribution in [0.25, 0.3) is 0 Å². The highest BCUT2D eigenvalue weighted by Crippen LogP contribution is 2.26. The standard InChI is InChI=1S/C11H21NO3/c1-11(2,3)15-10(14)8-6-7(12)4-5-9(8)13/h7-9,13H,4-6,12H2,1-3H3. The molecule has 3 unspecified atom stereocenters. The summed E-state index contributed by atoms with van der Waals surface area (Å²) >= 11 is 0. The summed E-state index contributed by atoms with van der Waals surface area (Å²) in [5, 5.41) is 9.70. The van der Waals surface area contributed by atoms with Gasteiger partial charge < -0.3 is 15.6 Å². The van der Waals surface area contributed by atoms with Crippen molar-refractivity contribution in [2.45, 2.75) is 57.8 Å². The lowest BCUT2D eigenvalue weighted by Gasteiger charge is -2.32. The average Bonchev–Trinajstić information content (AvgIpc) is 2.06. The Morgan fingerprint density at radius 3 is 2.53 bits per heavy atom. The molecule has 0 bridgehead atoms. The third-order valence-electron chi connectivity index (χ3n) is 2.56. The van der Waals surface area contributed by atoms with Crippen LogP contribution in [0.2, 0.25) is 0 Å². The zero-order chi connectivity index (χ0) is 11.6. The largest absolute Gasteiger partial charge is 0.460 e. The third-order valence-corrected chi connectivity index (χ3v) is 2.56. The van der Waals surface area contributed by atoms with Crippen LogP contribution in [0.3, 0.4) is 0 Å². The zero-order valence-electron chi connectivity index (χ0n) is 9.69.